The Labute approximate surface area is 245 Å². The Morgan fingerprint density at radius 3 is 1.19 bits per heavy atom. The number of unbranched alkanes of at least 4 members (excludes halogenated alkanes) is 4. The summed E-state index contributed by atoms with van der Waals surface area (Å²) >= 11 is 0. The number of hydrogen-bond acceptors (Lipinski definition) is 10. The van der Waals surface area contributed by atoms with E-state index in [1.807, 2.05) is 0 Å². The molecule has 0 unspecified atom stereocenters. The van der Waals surface area contributed by atoms with Gasteiger partial charge in [-0.15, -0.1) is 0 Å². The van der Waals surface area contributed by atoms with Crippen molar-refractivity contribution in [3.63, 3.8) is 0 Å². The molecule has 2 aromatic carbocycles. The number of carbonyl (C=O) groups is 4. The summed E-state index contributed by atoms with van der Waals surface area (Å²) in [5.74, 6) is -4.14. The van der Waals surface area contributed by atoms with Gasteiger partial charge in [-0.3, -0.25) is 0 Å². The van der Waals surface area contributed by atoms with Crippen LogP contribution in [0.5, 0.6) is 0 Å². The van der Waals surface area contributed by atoms with Gasteiger partial charge in [0.15, 0.2) is 0 Å². The van der Waals surface area contributed by atoms with Gasteiger partial charge in [0.25, 0.3) is 0 Å². The molecule has 10 nitrogen and oxygen atoms in total. The Hall–Kier alpha value is -2.50. The Kier molecular flexibility index (Phi) is 19.2. The molecule has 0 bridgehead atoms. The average molecular weight is 543 g/mol. The number of ether oxygens (including phenoxy) is 2. The fourth-order valence-corrected chi connectivity index (χ4v) is 2.94. The number of carboxylic acids is 2. The first-order valence-electron chi connectivity index (χ1n) is 11.5. The number of aliphatic hydroxyl groups is 2. The normalized spacial score (nSPS) is 9.78. The molecule has 0 aliphatic carbocycles. The van der Waals surface area contributed by atoms with Crippen LogP contribution in [0.15, 0.2) is 48.5 Å². The minimum Gasteiger partial charge on any atom is -0.545 e. The SMILES string of the molecule is O=C([O-])c1ccccc1C(=O)OCCCCCO.O=C([O-])c1ccccc1C(=O)OCCCCCO.[Ca+2]. The van der Waals surface area contributed by atoms with Crippen molar-refractivity contribution in [3.8, 4) is 0 Å². The molecule has 0 aliphatic rings. The number of aliphatic hydroxyl groups excluding tert-OH is 2. The zero-order chi connectivity index (χ0) is 26.8. The molecule has 0 amide bonds. The smallest absolute Gasteiger partial charge is 0.545 e. The van der Waals surface area contributed by atoms with E-state index >= 15 is 0 Å². The molecule has 0 radical (unpaired) electrons. The van der Waals surface area contributed by atoms with E-state index in [9.17, 15) is 29.4 Å². The molecule has 37 heavy (non-hydrogen) atoms. The first-order chi connectivity index (χ1) is 17.3. The molecule has 11 heteroatoms. The molecular weight excluding hydrogens is 512 g/mol. The van der Waals surface area contributed by atoms with Crippen LogP contribution in [0.1, 0.15) is 80.0 Å². The van der Waals surface area contributed by atoms with Gasteiger partial charge in [-0.25, -0.2) is 9.59 Å². The van der Waals surface area contributed by atoms with Crippen molar-refractivity contribution in [2.24, 2.45) is 0 Å². The molecule has 0 aromatic heterocycles. The minimum atomic E-state index is -1.40. The van der Waals surface area contributed by atoms with E-state index in [1.54, 1.807) is 12.1 Å². The second kappa shape index (κ2) is 20.5. The first-order valence-corrected chi connectivity index (χ1v) is 11.5. The molecule has 0 atom stereocenters. The van der Waals surface area contributed by atoms with Crippen molar-refractivity contribution in [3.05, 3.63) is 70.8 Å². The predicted molar refractivity (Wildman–Crippen MR) is 130 cm³/mol. The van der Waals surface area contributed by atoms with Gasteiger partial charge in [0.05, 0.1) is 36.3 Å². The van der Waals surface area contributed by atoms with Crippen molar-refractivity contribution < 1.29 is 49.1 Å². The third kappa shape index (κ3) is 13.6. The summed E-state index contributed by atoms with van der Waals surface area (Å²) in [5.41, 5.74) is -0.338. The van der Waals surface area contributed by atoms with Crippen molar-refractivity contribution in [1.29, 1.82) is 0 Å². The molecule has 2 aromatic rings. The van der Waals surface area contributed by atoms with Crippen molar-refractivity contribution in [2.75, 3.05) is 26.4 Å². The molecule has 2 N–H and O–H groups in total. The minimum absolute atomic E-state index is 0. The van der Waals surface area contributed by atoms with Crippen LogP contribution < -0.4 is 10.2 Å². The summed E-state index contributed by atoms with van der Waals surface area (Å²) in [6, 6.07) is 11.5. The predicted octanol–water partition coefficient (Wildman–Crippen LogP) is 0.358. The third-order valence-corrected chi connectivity index (χ3v) is 4.80. The molecule has 0 saturated heterocycles. The summed E-state index contributed by atoms with van der Waals surface area (Å²) < 4.78 is 9.91. The number of benzene rings is 2. The van der Waals surface area contributed by atoms with Crippen LogP contribution in [0.25, 0.3) is 0 Å². The molecular formula is C26H30CaO10. The Bertz CT molecular complexity index is 913. The Morgan fingerprint density at radius 1 is 0.568 bits per heavy atom. The van der Waals surface area contributed by atoms with E-state index in [2.05, 4.69) is 0 Å². The topological polar surface area (TPSA) is 173 Å². The van der Waals surface area contributed by atoms with Gasteiger partial charge >= 0.3 is 49.7 Å². The maximum absolute atomic E-state index is 11.6. The maximum atomic E-state index is 11.6. The van der Waals surface area contributed by atoms with E-state index in [0.717, 1.165) is 12.8 Å². The zero-order valence-electron chi connectivity index (χ0n) is 20.6. The van der Waals surface area contributed by atoms with Crippen LogP contribution >= 0.6 is 0 Å². The first kappa shape index (κ1) is 34.5. The van der Waals surface area contributed by atoms with Gasteiger partial charge in [0.2, 0.25) is 0 Å². The van der Waals surface area contributed by atoms with Gasteiger partial charge in [-0.1, -0.05) is 36.4 Å². The Morgan fingerprint density at radius 2 is 0.892 bits per heavy atom. The quantitative estimate of drug-likeness (QED) is 0.193. The second-order valence-electron chi connectivity index (χ2n) is 7.51. The molecule has 0 aliphatic heterocycles. The van der Waals surface area contributed by atoms with Gasteiger partial charge in [-0.05, 0) is 50.7 Å². The summed E-state index contributed by atoms with van der Waals surface area (Å²) in [6.45, 7) is 0.642. The van der Waals surface area contributed by atoms with Crippen molar-refractivity contribution >= 4 is 61.6 Å². The van der Waals surface area contributed by atoms with Crippen LogP contribution in [-0.2, 0) is 9.47 Å². The van der Waals surface area contributed by atoms with Crippen LogP contribution in [0, 0.1) is 0 Å². The Balaban J connectivity index is 0.000000682. The molecule has 0 spiro atoms. The van der Waals surface area contributed by atoms with Gasteiger partial charge in [-0.2, -0.15) is 0 Å². The number of rotatable bonds is 14. The van der Waals surface area contributed by atoms with Crippen LogP contribution in [0.3, 0.4) is 0 Å². The van der Waals surface area contributed by atoms with Crippen LogP contribution in [-0.4, -0.2) is 98.3 Å². The van der Waals surface area contributed by atoms with E-state index in [-0.39, 0.29) is 86.4 Å². The van der Waals surface area contributed by atoms with E-state index < -0.39 is 23.9 Å². The molecule has 196 valence electrons. The number of carbonyl (C=O) groups excluding carboxylic acids is 4. The summed E-state index contributed by atoms with van der Waals surface area (Å²) in [4.78, 5) is 44.9. The summed E-state index contributed by atoms with van der Waals surface area (Å²) in [5, 5.41) is 38.7. The zero-order valence-corrected chi connectivity index (χ0v) is 22.8. The molecule has 0 heterocycles. The van der Waals surface area contributed by atoms with E-state index in [0.29, 0.717) is 25.7 Å². The molecule has 2 rings (SSSR count). The number of esters is 2. The average Bonchev–Trinajstić information content (AvgIpc) is 2.88. The fraction of sp³-hybridized carbons (Fsp3) is 0.385. The van der Waals surface area contributed by atoms with Crippen LogP contribution in [0.4, 0.5) is 0 Å². The fourth-order valence-electron chi connectivity index (χ4n) is 2.94. The monoisotopic (exact) mass is 542 g/mol. The van der Waals surface area contributed by atoms with Gasteiger partial charge in [0, 0.05) is 24.3 Å². The largest absolute Gasteiger partial charge is 2.00 e. The molecule has 0 saturated carbocycles. The van der Waals surface area contributed by atoms with Gasteiger partial charge in [0.1, 0.15) is 0 Å². The second-order valence-corrected chi connectivity index (χ2v) is 7.51. The number of hydrogen-bond donors (Lipinski definition) is 2. The summed E-state index contributed by atoms with van der Waals surface area (Å²) in [7, 11) is 0. The number of carboxylic acid groups (broad SMARTS) is 2. The molecule has 0 fully saturated rings. The van der Waals surface area contributed by atoms with Crippen molar-refractivity contribution in [2.45, 2.75) is 38.5 Å². The van der Waals surface area contributed by atoms with Crippen molar-refractivity contribution in [1.82, 2.24) is 0 Å². The van der Waals surface area contributed by atoms with Crippen LogP contribution in [0.2, 0.25) is 0 Å². The summed E-state index contributed by atoms with van der Waals surface area (Å²) in [6.07, 6.45) is 4.11. The maximum Gasteiger partial charge on any atom is 2.00 e. The van der Waals surface area contributed by atoms with E-state index in [1.165, 1.54) is 36.4 Å². The number of aromatic carboxylic acids is 2. The standard InChI is InChI=1S/2C13H16O5.Ca/c2*14-8-4-1-5-9-18-13(17)11-7-3-2-6-10(11)12(15)16;/h2*2-3,6-7,14H,1,4-5,8-9H2,(H,15,16);/q;;+2/p-2. The van der Waals surface area contributed by atoms with Gasteiger partial charge < -0.3 is 39.5 Å². The third-order valence-electron chi connectivity index (χ3n) is 4.80. The van der Waals surface area contributed by atoms with E-state index in [4.69, 9.17) is 19.7 Å².